The molecule has 0 radical (unpaired) electrons. The zero-order valence-electron chi connectivity index (χ0n) is 17.8. The van der Waals surface area contributed by atoms with E-state index >= 15 is 0 Å². The fraction of sp³-hybridized carbons (Fsp3) is 0.850. The summed E-state index contributed by atoms with van der Waals surface area (Å²) in [5, 5.41) is 10.6. The van der Waals surface area contributed by atoms with Gasteiger partial charge in [0.2, 0.25) is 0 Å². The zero-order valence-corrected chi connectivity index (χ0v) is 18.8. The van der Waals surface area contributed by atoms with Crippen LogP contribution in [0.5, 0.6) is 0 Å². The third kappa shape index (κ3) is 5.33. The Balaban J connectivity index is 2.18. The number of β-amino-alcohol motifs (C(OH)–C–C–N with tert-alkyl or cyclic N) is 1. The summed E-state index contributed by atoms with van der Waals surface area (Å²) < 4.78 is 12.0. The van der Waals surface area contributed by atoms with Crippen molar-refractivity contribution in [3.8, 4) is 0 Å². The SMILES string of the molecule is CC(C)(C)OC(=O)N1CC(O)C(C2CC2)=CC1CO[Si](C)(C)C(C)(C)C. The van der Waals surface area contributed by atoms with Crippen LogP contribution >= 0.6 is 0 Å². The van der Waals surface area contributed by atoms with Gasteiger partial charge in [0.05, 0.1) is 25.3 Å². The Morgan fingerprint density at radius 3 is 2.27 bits per heavy atom. The minimum absolute atomic E-state index is 0.112. The molecule has 0 saturated heterocycles. The highest BCUT2D eigenvalue weighted by Crippen LogP contribution is 2.41. The first-order chi connectivity index (χ1) is 11.7. The number of hydrogen-bond donors (Lipinski definition) is 1. The minimum Gasteiger partial charge on any atom is -0.444 e. The molecule has 0 aromatic heterocycles. The number of amides is 1. The highest BCUT2D eigenvalue weighted by atomic mass is 28.4. The number of rotatable bonds is 4. The summed E-state index contributed by atoms with van der Waals surface area (Å²) >= 11 is 0. The second kappa shape index (κ2) is 7.28. The van der Waals surface area contributed by atoms with Crippen molar-refractivity contribution >= 4 is 14.4 Å². The molecule has 6 heteroatoms. The molecule has 1 heterocycles. The van der Waals surface area contributed by atoms with Crippen LogP contribution in [-0.4, -0.2) is 55.3 Å². The standard InChI is InChI=1S/C20H37NO4Si/c1-19(2,3)25-18(23)21-12-17(22)16(14-9-10-14)11-15(21)13-24-26(7,8)20(4,5)6/h11,14-15,17,22H,9-10,12-13H2,1-8H3. The van der Waals surface area contributed by atoms with E-state index in [0.717, 1.165) is 18.4 Å². The Bertz CT molecular complexity index is 555. The summed E-state index contributed by atoms with van der Waals surface area (Å²) in [5.74, 6) is 0.473. The molecule has 5 nitrogen and oxygen atoms in total. The lowest BCUT2D eigenvalue weighted by molar-refractivity contribution is 0.00214. The van der Waals surface area contributed by atoms with Crippen LogP contribution in [0.4, 0.5) is 4.79 Å². The molecular weight excluding hydrogens is 346 g/mol. The Morgan fingerprint density at radius 2 is 1.81 bits per heavy atom. The van der Waals surface area contributed by atoms with Crippen LogP contribution in [0.1, 0.15) is 54.4 Å². The topological polar surface area (TPSA) is 59.0 Å². The third-order valence-corrected chi connectivity index (χ3v) is 10.1. The molecule has 150 valence electrons. The van der Waals surface area contributed by atoms with Crippen LogP contribution < -0.4 is 0 Å². The monoisotopic (exact) mass is 383 g/mol. The van der Waals surface area contributed by atoms with E-state index in [9.17, 15) is 9.90 Å². The van der Waals surface area contributed by atoms with Gasteiger partial charge >= 0.3 is 6.09 Å². The Hall–Kier alpha value is -0.853. The first-order valence-corrected chi connectivity index (χ1v) is 12.7. The number of carbonyl (C=O) groups excluding carboxylic acids is 1. The van der Waals surface area contributed by atoms with E-state index in [1.165, 1.54) is 0 Å². The van der Waals surface area contributed by atoms with Gasteiger partial charge in [0, 0.05) is 0 Å². The maximum Gasteiger partial charge on any atom is 0.410 e. The van der Waals surface area contributed by atoms with Crippen LogP contribution in [0.3, 0.4) is 0 Å². The molecule has 0 spiro atoms. The number of nitrogens with zero attached hydrogens (tertiary/aromatic N) is 1. The molecule has 0 aromatic carbocycles. The summed E-state index contributed by atoms with van der Waals surface area (Å²) in [5.41, 5.74) is 0.515. The smallest absolute Gasteiger partial charge is 0.410 e. The third-order valence-electron chi connectivity index (χ3n) is 5.64. The van der Waals surface area contributed by atoms with Crippen molar-refractivity contribution in [2.24, 2.45) is 5.92 Å². The molecule has 1 N–H and O–H groups in total. The lowest BCUT2D eigenvalue weighted by Crippen LogP contribution is -2.53. The number of carbonyl (C=O) groups is 1. The van der Waals surface area contributed by atoms with E-state index in [4.69, 9.17) is 9.16 Å². The zero-order chi connectivity index (χ0) is 19.9. The molecule has 1 aliphatic heterocycles. The second-order valence-corrected chi connectivity index (χ2v) is 15.0. The Kier molecular flexibility index (Phi) is 6.01. The minimum atomic E-state index is -1.92. The Morgan fingerprint density at radius 1 is 1.23 bits per heavy atom. The van der Waals surface area contributed by atoms with Crippen LogP contribution in [0.25, 0.3) is 0 Å². The molecule has 2 unspecified atom stereocenters. The predicted molar refractivity (Wildman–Crippen MR) is 107 cm³/mol. The summed E-state index contributed by atoms with van der Waals surface area (Å²) in [7, 11) is -1.92. The molecule has 26 heavy (non-hydrogen) atoms. The number of aliphatic hydroxyl groups excluding tert-OH is 1. The quantitative estimate of drug-likeness (QED) is 0.580. The van der Waals surface area contributed by atoms with E-state index in [0.29, 0.717) is 12.5 Å². The van der Waals surface area contributed by atoms with E-state index in [1.54, 1.807) is 4.90 Å². The van der Waals surface area contributed by atoms with Crippen LogP contribution in [0.2, 0.25) is 18.1 Å². The van der Waals surface area contributed by atoms with E-state index in [2.05, 4.69) is 39.9 Å². The molecule has 0 aromatic rings. The maximum absolute atomic E-state index is 12.7. The summed E-state index contributed by atoms with van der Waals surface area (Å²) in [6, 6.07) is -0.182. The van der Waals surface area contributed by atoms with Crippen molar-refractivity contribution in [3.05, 3.63) is 11.6 Å². The van der Waals surface area contributed by atoms with Gasteiger partial charge in [-0.1, -0.05) is 26.8 Å². The van der Waals surface area contributed by atoms with Crippen molar-refractivity contribution in [2.45, 2.75) is 90.3 Å². The number of ether oxygens (including phenoxy) is 1. The fourth-order valence-corrected chi connectivity index (χ4v) is 3.87. The van der Waals surface area contributed by atoms with E-state index < -0.39 is 20.0 Å². The number of hydrogen-bond acceptors (Lipinski definition) is 4. The van der Waals surface area contributed by atoms with Crippen LogP contribution in [0.15, 0.2) is 11.6 Å². The van der Waals surface area contributed by atoms with Gasteiger partial charge in [-0.3, -0.25) is 4.90 Å². The lowest BCUT2D eigenvalue weighted by Gasteiger charge is -2.41. The van der Waals surface area contributed by atoms with Gasteiger partial charge in [0.25, 0.3) is 0 Å². The molecule has 2 atom stereocenters. The van der Waals surface area contributed by atoms with Crippen molar-refractivity contribution in [3.63, 3.8) is 0 Å². The first-order valence-electron chi connectivity index (χ1n) is 9.74. The van der Waals surface area contributed by atoms with Crippen molar-refractivity contribution < 1.29 is 19.1 Å². The average Bonchev–Trinajstić information content (AvgIpc) is 3.27. The molecule has 1 fully saturated rings. The molecule has 1 saturated carbocycles. The van der Waals surface area contributed by atoms with E-state index in [-0.39, 0.29) is 23.7 Å². The lowest BCUT2D eigenvalue weighted by atomic mass is 9.96. The first kappa shape index (κ1) is 21.4. The molecular formula is C20H37NO4Si. The largest absolute Gasteiger partial charge is 0.444 e. The maximum atomic E-state index is 12.7. The Labute approximate surface area is 159 Å². The highest BCUT2D eigenvalue weighted by Gasteiger charge is 2.42. The van der Waals surface area contributed by atoms with Crippen molar-refractivity contribution in [2.75, 3.05) is 13.2 Å². The molecule has 0 bridgehead atoms. The van der Waals surface area contributed by atoms with Crippen molar-refractivity contribution in [1.82, 2.24) is 4.90 Å². The average molecular weight is 384 g/mol. The normalized spacial score (nSPS) is 25.1. The van der Waals surface area contributed by atoms with Crippen molar-refractivity contribution in [1.29, 1.82) is 0 Å². The van der Waals surface area contributed by atoms with Gasteiger partial charge in [0.1, 0.15) is 5.60 Å². The summed E-state index contributed by atoms with van der Waals surface area (Å²) in [4.78, 5) is 14.3. The predicted octanol–water partition coefficient (Wildman–Crippen LogP) is 4.32. The highest BCUT2D eigenvalue weighted by molar-refractivity contribution is 6.74. The van der Waals surface area contributed by atoms with Crippen LogP contribution in [0, 0.1) is 5.92 Å². The van der Waals surface area contributed by atoms with E-state index in [1.807, 2.05) is 20.8 Å². The van der Waals surface area contributed by atoms with Crippen LogP contribution in [-0.2, 0) is 9.16 Å². The molecule has 1 amide bonds. The van der Waals surface area contributed by atoms with Gasteiger partial charge in [-0.2, -0.15) is 0 Å². The van der Waals surface area contributed by atoms with Gasteiger partial charge in [-0.05, 0) is 63.2 Å². The number of aliphatic hydroxyl groups is 1. The molecule has 2 rings (SSSR count). The fourth-order valence-electron chi connectivity index (χ4n) is 2.85. The summed E-state index contributed by atoms with van der Waals surface area (Å²) in [6.45, 7) is 17.4. The van der Waals surface area contributed by atoms with Gasteiger partial charge in [-0.25, -0.2) is 4.79 Å². The van der Waals surface area contributed by atoms with Gasteiger partial charge in [-0.15, -0.1) is 0 Å². The van der Waals surface area contributed by atoms with Gasteiger partial charge in [0.15, 0.2) is 8.32 Å². The molecule has 1 aliphatic carbocycles. The summed E-state index contributed by atoms with van der Waals surface area (Å²) in [6.07, 6.45) is 3.34. The molecule has 2 aliphatic rings. The second-order valence-electron chi connectivity index (χ2n) is 10.2. The van der Waals surface area contributed by atoms with Gasteiger partial charge < -0.3 is 14.3 Å².